The molecule has 3 aromatic carbocycles. The van der Waals surface area contributed by atoms with E-state index in [1.54, 1.807) is 0 Å². The number of carbonyl (C=O) groups excluding carboxylic acids is 1. The molecule has 6 heteroatoms. The van der Waals surface area contributed by atoms with Gasteiger partial charge in [0.25, 0.3) is 5.91 Å². The molecule has 1 atom stereocenters. The van der Waals surface area contributed by atoms with E-state index < -0.39 is 6.10 Å². The van der Waals surface area contributed by atoms with Gasteiger partial charge in [-0.25, -0.2) is 0 Å². The second kappa shape index (κ2) is 10.8. The van der Waals surface area contributed by atoms with Gasteiger partial charge in [-0.15, -0.1) is 0 Å². The number of piperazine rings is 1. The van der Waals surface area contributed by atoms with Crippen LogP contribution in [0.15, 0.2) is 84.9 Å². The third-order valence-electron chi connectivity index (χ3n) is 5.39. The van der Waals surface area contributed by atoms with Gasteiger partial charge < -0.3 is 19.5 Å². The predicted molar refractivity (Wildman–Crippen MR) is 123 cm³/mol. The molecule has 0 saturated carbocycles. The van der Waals surface area contributed by atoms with E-state index in [4.69, 9.17) is 9.47 Å². The van der Waals surface area contributed by atoms with Gasteiger partial charge in [-0.3, -0.25) is 9.69 Å². The van der Waals surface area contributed by atoms with Crippen molar-refractivity contribution >= 4 is 5.91 Å². The number of ether oxygens (including phenoxy) is 2. The molecule has 1 aliphatic rings. The summed E-state index contributed by atoms with van der Waals surface area (Å²) in [6, 6.07) is 26.3. The summed E-state index contributed by atoms with van der Waals surface area (Å²) in [5.41, 5.74) is 0.717. The molecule has 0 radical (unpaired) electrons. The molecule has 1 amide bonds. The largest absolute Gasteiger partial charge is 0.491 e. The Labute approximate surface area is 188 Å². The average Bonchev–Trinajstić information content (AvgIpc) is 2.85. The molecule has 0 aromatic heterocycles. The van der Waals surface area contributed by atoms with Crippen LogP contribution in [0, 0.1) is 0 Å². The van der Waals surface area contributed by atoms with Gasteiger partial charge in [0.05, 0.1) is 0 Å². The van der Waals surface area contributed by atoms with E-state index in [2.05, 4.69) is 4.90 Å². The number of nitrogens with zero attached hydrogens (tertiary/aromatic N) is 2. The number of benzene rings is 3. The quantitative estimate of drug-likeness (QED) is 0.588. The molecule has 4 rings (SSSR count). The van der Waals surface area contributed by atoms with E-state index in [1.807, 2.05) is 89.8 Å². The monoisotopic (exact) mass is 432 g/mol. The van der Waals surface area contributed by atoms with Gasteiger partial charge in [0.1, 0.15) is 30.0 Å². The van der Waals surface area contributed by atoms with Crippen LogP contribution in [0.5, 0.6) is 17.2 Å². The van der Waals surface area contributed by atoms with Crippen LogP contribution in [0.25, 0.3) is 0 Å². The lowest BCUT2D eigenvalue weighted by molar-refractivity contribution is 0.0403. The van der Waals surface area contributed by atoms with E-state index in [1.165, 1.54) is 0 Å². The minimum atomic E-state index is -0.605. The number of rotatable bonds is 8. The highest BCUT2D eigenvalue weighted by molar-refractivity contribution is 5.94. The molecule has 3 aromatic rings. The Morgan fingerprint density at radius 2 is 1.34 bits per heavy atom. The van der Waals surface area contributed by atoms with E-state index in [0.717, 1.165) is 30.2 Å². The second-order valence-electron chi connectivity index (χ2n) is 7.81. The molecular weight excluding hydrogens is 404 g/mol. The SMILES string of the molecule is O=C(c1ccccc1)N1CCN(CC(O)COc2ccc(Oc3ccccc3)cc2)CC1. The molecule has 0 aliphatic carbocycles. The summed E-state index contributed by atoms with van der Waals surface area (Å²) in [5, 5.41) is 10.4. The molecule has 0 bridgehead atoms. The van der Waals surface area contributed by atoms with E-state index in [9.17, 15) is 9.90 Å². The van der Waals surface area contributed by atoms with E-state index in [0.29, 0.717) is 25.4 Å². The van der Waals surface area contributed by atoms with Gasteiger partial charge in [0.15, 0.2) is 0 Å². The zero-order chi connectivity index (χ0) is 22.2. The number of hydrogen-bond donors (Lipinski definition) is 1. The van der Waals surface area contributed by atoms with Crippen molar-refractivity contribution in [1.82, 2.24) is 9.80 Å². The summed E-state index contributed by atoms with van der Waals surface area (Å²) >= 11 is 0. The molecule has 166 valence electrons. The first kappa shape index (κ1) is 21.9. The van der Waals surface area contributed by atoms with Crippen molar-refractivity contribution in [2.24, 2.45) is 0 Å². The smallest absolute Gasteiger partial charge is 0.253 e. The van der Waals surface area contributed by atoms with Crippen molar-refractivity contribution in [3.63, 3.8) is 0 Å². The summed E-state index contributed by atoms with van der Waals surface area (Å²) in [6.45, 7) is 3.52. The summed E-state index contributed by atoms with van der Waals surface area (Å²) in [5.74, 6) is 2.26. The van der Waals surface area contributed by atoms with E-state index >= 15 is 0 Å². The standard InChI is InChI=1S/C26H28N2O4/c29-22(19-27-15-17-28(18-16-27)26(30)21-7-3-1-4-8-21)20-31-23-11-13-25(14-12-23)32-24-9-5-2-6-10-24/h1-14,22,29H,15-20H2. The molecule has 1 aliphatic heterocycles. The van der Waals surface area contributed by atoms with Crippen molar-refractivity contribution in [3.8, 4) is 17.2 Å². The fourth-order valence-electron chi connectivity index (χ4n) is 3.67. The lowest BCUT2D eigenvalue weighted by Gasteiger charge is -2.35. The molecular formula is C26H28N2O4. The van der Waals surface area contributed by atoms with Crippen LogP contribution in [0.1, 0.15) is 10.4 Å². The zero-order valence-corrected chi connectivity index (χ0v) is 18.0. The fraction of sp³-hybridized carbons (Fsp3) is 0.269. The highest BCUT2D eigenvalue weighted by Gasteiger charge is 2.23. The van der Waals surface area contributed by atoms with Crippen LogP contribution >= 0.6 is 0 Å². The minimum Gasteiger partial charge on any atom is -0.491 e. The van der Waals surface area contributed by atoms with Crippen molar-refractivity contribution in [3.05, 3.63) is 90.5 Å². The van der Waals surface area contributed by atoms with Crippen LogP contribution in [0.2, 0.25) is 0 Å². The molecule has 1 saturated heterocycles. The average molecular weight is 433 g/mol. The van der Waals surface area contributed by atoms with Gasteiger partial charge in [-0.05, 0) is 48.5 Å². The number of para-hydroxylation sites is 1. The lowest BCUT2D eigenvalue weighted by Crippen LogP contribution is -2.50. The molecule has 32 heavy (non-hydrogen) atoms. The van der Waals surface area contributed by atoms with Crippen molar-refractivity contribution < 1.29 is 19.4 Å². The molecule has 0 spiro atoms. The van der Waals surface area contributed by atoms with E-state index in [-0.39, 0.29) is 12.5 Å². The normalized spacial score (nSPS) is 15.2. The number of carbonyl (C=O) groups is 1. The Bertz CT molecular complexity index is 972. The van der Waals surface area contributed by atoms with Crippen molar-refractivity contribution in [2.45, 2.75) is 6.10 Å². The first-order valence-electron chi connectivity index (χ1n) is 10.9. The summed E-state index contributed by atoms with van der Waals surface area (Å²) < 4.78 is 11.5. The van der Waals surface area contributed by atoms with Crippen LogP contribution in [0.4, 0.5) is 0 Å². The Balaban J connectivity index is 1.18. The predicted octanol–water partition coefficient (Wildman–Crippen LogP) is 3.68. The first-order chi connectivity index (χ1) is 15.7. The van der Waals surface area contributed by atoms with Crippen molar-refractivity contribution in [1.29, 1.82) is 0 Å². The van der Waals surface area contributed by atoms with Gasteiger partial charge >= 0.3 is 0 Å². The highest BCUT2D eigenvalue weighted by atomic mass is 16.5. The fourth-order valence-corrected chi connectivity index (χ4v) is 3.67. The maximum absolute atomic E-state index is 12.5. The minimum absolute atomic E-state index is 0.0637. The van der Waals surface area contributed by atoms with Gasteiger partial charge in [0.2, 0.25) is 0 Å². The molecule has 6 nitrogen and oxygen atoms in total. The van der Waals surface area contributed by atoms with Crippen LogP contribution < -0.4 is 9.47 Å². The Morgan fingerprint density at radius 1 is 0.781 bits per heavy atom. The zero-order valence-electron chi connectivity index (χ0n) is 18.0. The molecule has 1 unspecified atom stereocenters. The maximum atomic E-state index is 12.5. The summed E-state index contributed by atoms with van der Waals surface area (Å²) in [7, 11) is 0. The lowest BCUT2D eigenvalue weighted by atomic mass is 10.2. The molecule has 1 fully saturated rings. The number of aliphatic hydroxyl groups is 1. The topological polar surface area (TPSA) is 62.2 Å². The first-order valence-corrected chi connectivity index (χ1v) is 10.9. The molecule has 1 heterocycles. The van der Waals surface area contributed by atoms with Crippen molar-refractivity contribution in [2.75, 3.05) is 39.3 Å². The number of β-amino-alcohol motifs (C(OH)–C–C–N with tert-alkyl or cyclic N) is 1. The highest BCUT2D eigenvalue weighted by Crippen LogP contribution is 2.23. The number of aliphatic hydroxyl groups excluding tert-OH is 1. The Morgan fingerprint density at radius 3 is 2.00 bits per heavy atom. The van der Waals surface area contributed by atoms with Crippen LogP contribution in [-0.2, 0) is 0 Å². The Kier molecular flexibility index (Phi) is 7.38. The van der Waals surface area contributed by atoms with Gasteiger partial charge in [-0.1, -0.05) is 36.4 Å². The maximum Gasteiger partial charge on any atom is 0.253 e. The molecule has 1 N–H and O–H groups in total. The van der Waals surface area contributed by atoms with Crippen LogP contribution in [0.3, 0.4) is 0 Å². The van der Waals surface area contributed by atoms with Gasteiger partial charge in [-0.2, -0.15) is 0 Å². The third-order valence-corrected chi connectivity index (χ3v) is 5.39. The summed E-state index contributed by atoms with van der Waals surface area (Å²) in [6.07, 6.45) is -0.605. The summed E-state index contributed by atoms with van der Waals surface area (Å²) in [4.78, 5) is 16.6. The van der Waals surface area contributed by atoms with Crippen LogP contribution in [-0.4, -0.2) is 66.2 Å². The number of hydrogen-bond acceptors (Lipinski definition) is 5. The number of amides is 1. The van der Waals surface area contributed by atoms with Gasteiger partial charge in [0, 0.05) is 38.3 Å². The second-order valence-corrected chi connectivity index (χ2v) is 7.81. The Hall–Kier alpha value is -3.35. The third kappa shape index (κ3) is 6.09.